The molecule has 9 rings (SSSR count). The first kappa shape index (κ1) is 38.3. The van der Waals surface area contributed by atoms with Crippen LogP contribution in [0.2, 0.25) is 0 Å². The highest BCUT2D eigenvalue weighted by atomic mass is 16.3. The number of fused-ring (bicyclic) bond motifs is 2. The Morgan fingerprint density at radius 2 is 1.71 bits per heavy atom. The number of aromatic nitrogens is 5. The van der Waals surface area contributed by atoms with Crippen LogP contribution in [0.25, 0.3) is 16.4 Å². The van der Waals surface area contributed by atoms with Crippen LogP contribution in [-0.4, -0.2) is 108 Å². The maximum absolute atomic E-state index is 13.5. The van der Waals surface area contributed by atoms with Crippen LogP contribution < -0.4 is 15.5 Å². The van der Waals surface area contributed by atoms with Gasteiger partial charge in [0.1, 0.15) is 11.8 Å². The minimum Gasteiger partial charge on any atom is -0.386 e. The fraction of sp³-hybridized carbons (Fsp3) is 0.442. The smallest absolute Gasteiger partial charge is 0.274 e. The van der Waals surface area contributed by atoms with Gasteiger partial charge in [-0.05, 0) is 88.4 Å². The summed E-state index contributed by atoms with van der Waals surface area (Å²) in [7, 11) is 0. The van der Waals surface area contributed by atoms with E-state index in [9.17, 15) is 29.5 Å². The zero-order valence-electron chi connectivity index (χ0n) is 33.2. The molecule has 304 valence electrons. The van der Waals surface area contributed by atoms with Gasteiger partial charge < -0.3 is 20.2 Å². The molecule has 1 aliphatic carbocycles. The monoisotopic (exact) mass is 797 g/mol. The van der Waals surface area contributed by atoms with Crippen molar-refractivity contribution in [3.63, 3.8) is 0 Å². The number of hydrogen-bond acceptors (Lipinski definition) is 11. The lowest BCUT2D eigenvalue weighted by Crippen LogP contribution is -2.59. The lowest BCUT2D eigenvalue weighted by Gasteiger charge is -2.45. The number of amides is 4. The third kappa shape index (κ3) is 7.52. The van der Waals surface area contributed by atoms with E-state index in [4.69, 9.17) is 5.10 Å². The number of piperazine rings is 1. The second-order valence-corrected chi connectivity index (χ2v) is 16.9. The van der Waals surface area contributed by atoms with Gasteiger partial charge in [-0.15, -0.1) is 0 Å². The van der Waals surface area contributed by atoms with Gasteiger partial charge in [0.05, 0.1) is 63.9 Å². The van der Waals surface area contributed by atoms with Crippen LogP contribution in [0, 0.1) is 17.2 Å². The Labute approximate surface area is 340 Å². The van der Waals surface area contributed by atoms with Crippen molar-refractivity contribution in [2.24, 2.45) is 5.92 Å². The van der Waals surface area contributed by atoms with Crippen molar-refractivity contribution in [2.75, 3.05) is 49.5 Å². The van der Waals surface area contributed by atoms with Gasteiger partial charge in [0, 0.05) is 74.6 Å². The molecule has 3 N–H and O–H groups in total. The molecule has 1 aromatic carbocycles. The Kier molecular flexibility index (Phi) is 9.88. The van der Waals surface area contributed by atoms with Gasteiger partial charge in [-0.3, -0.25) is 39.1 Å². The van der Waals surface area contributed by atoms with Crippen LogP contribution in [0.1, 0.15) is 91.6 Å². The van der Waals surface area contributed by atoms with E-state index in [-0.39, 0.29) is 35.6 Å². The number of nitrogens with one attached hydrogen (secondary N) is 2. The van der Waals surface area contributed by atoms with Gasteiger partial charge in [-0.25, -0.2) is 4.52 Å². The molecule has 1 unspecified atom stereocenters. The molecule has 0 spiro atoms. The zero-order chi connectivity index (χ0) is 41.0. The molecule has 59 heavy (non-hydrogen) atoms. The van der Waals surface area contributed by atoms with E-state index in [1.54, 1.807) is 38.2 Å². The number of carbonyl (C=O) groups is 4. The lowest BCUT2D eigenvalue weighted by atomic mass is 9.89. The summed E-state index contributed by atoms with van der Waals surface area (Å²) in [6.07, 6.45) is 10.0. The second kappa shape index (κ2) is 15.2. The Hall–Kier alpha value is -6.18. The first-order chi connectivity index (χ1) is 28.4. The number of rotatable bonds is 8. The van der Waals surface area contributed by atoms with Crippen molar-refractivity contribution >= 4 is 51.4 Å². The molecular formula is C43H47N11O5. The largest absolute Gasteiger partial charge is 0.386 e. The summed E-state index contributed by atoms with van der Waals surface area (Å²) in [6.45, 7) is 7.84. The van der Waals surface area contributed by atoms with Crippen LogP contribution >= 0.6 is 0 Å². The number of aliphatic hydroxyl groups is 1. The highest BCUT2D eigenvalue weighted by Gasteiger charge is 2.38. The number of nitrogens with zero attached hydrogens (tertiary/aromatic N) is 9. The Morgan fingerprint density at radius 3 is 2.41 bits per heavy atom. The average molecular weight is 798 g/mol. The summed E-state index contributed by atoms with van der Waals surface area (Å²) in [5, 5.41) is 35.8. The molecule has 4 aliphatic rings. The lowest BCUT2D eigenvalue weighted by molar-refractivity contribution is -0.138. The van der Waals surface area contributed by atoms with E-state index in [0.717, 1.165) is 68.5 Å². The maximum atomic E-state index is 13.5. The third-order valence-corrected chi connectivity index (χ3v) is 12.6. The number of imide groups is 1. The number of pyridine rings is 1. The standard InChI is InChI=1S/C43H47N11O5/c1-43(2,59)34-19-36-27(18-37(34)47-41(57)38-11-8-31-17-26(20-44)21-46-54(31)38)25-53(49-36)30-5-3-29(4-6-30)50-13-15-51(16-14-50)42(58)28-23-52(24-28)32-7-10-35(45-22-32)33-9-12-39(55)48-40(33)56/h7-8,10-11,17-19,21-22,25,28-30,33,59H,3-6,9,12-16,23-24H2,1-2H3,(H,47,57)(H,48,55,56). The van der Waals surface area contributed by atoms with E-state index < -0.39 is 11.5 Å². The predicted octanol–water partition coefficient (Wildman–Crippen LogP) is 3.71. The van der Waals surface area contributed by atoms with Crippen LogP contribution in [-0.2, 0) is 20.0 Å². The molecule has 7 heterocycles. The number of benzene rings is 1. The maximum Gasteiger partial charge on any atom is 0.274 e. The molecular weight excluding hydrogens is 751 g/mol. The third-order valence-electron chi connectivity index (χ3n) is 12.6. The molecule has 3 aliphatic heterocycles. The molecule has 4 fully saturated rings. The topological polar surface area (TPSA) is 194 Å². The van der Waals surface area contributed by atoms with Crippen molar-refractivity contribution in [1.82, 2.24) is 39.5 Å². The summed E-state index contributed by atoms with van der Waals surface area (Å²) >= 11 is 0. The van der Waals surface area contributed by atoms with E-state index >= 15 is 0 Å². The fourth-order valence-corrected chi connectivity index (χ4v) is 9.17. The summed E-state index contributed by atoms with van der Waals surface area (Å²) in [5.41, 5.74) is 3.47. The quantitative estimate of drug-likeness (QED) is 0.194. The number of hydrogen-bond donors (Lipinski definition) is 3. The van der Waals surface area contributed by atoms with Crippen LogP contribution in [0.5, 0.6) is 0 Å². The van der Waals surface area contributed by atoms with Crippen molar-refractivity contribution in [3.8, 4) is 6.07 Å². The second-order valence-electron chi connectivity index (χ2n) is 16.9. The SMILES string of the molecule is CC(C)(O)c1cc2nn(C3CCC(N4CCN(C(=O)C5CN(c6ccc(C7CCC(=O)NC7=O)nc6)C5)CC4)CC3)cc2cc1NC(=O)c1ccc2cc(C#N)cnn12. The van der Waals surface area contributed by atoms with Crippen LogP contribution in [0.4, 0.5) is 11.4 Å². The van der Waals surface area contributed by atoms with Crippen LogP contribution in [0.3, 0.4) is 0 Å². The molecule has 5 aromatic rings. The average Bonchev–Trinajstić information content (AvgIpc) is 3.84. The minimum absolute atomic E-state index is 0.0417. The van der Waals surface area contributed by atoms with Gasteiger partial charge in [-0.2, -0.15) is 15.5 Å². The van der Waals surface area contributed by atoms with Crippen molar-refractivity contribution in [1.29, 1.82) is 5.26 Å². The number of anilines is 2. The van der Waals surface area contributed by atoms with Crippen LogP contribution in [0.15, 0.2) is 61.1 Å². The van der Waals surface area contributed by atoms with Gasteiger partial charge in [0.2, 0.25) is 17.7 Å². The highest BCUT2D eigenvalue weighted by molar-refractivity contribution is 6.05. The highest BCUT2D eigenvalue weighted by Crippen LogP contribution is 2.36. The summed E-state index contributed by atoms with van der Waals surface area (Å²) in [4.78, 5) is 61.9. The molecule has 1 saturated carbocycles. The molecule has 16 heteroatoms. The predicted molar refractivity (Wildman–Crippen MR) is 217 cm³/mol. The summed E-state index contributed by atoms with van der Waals surface area (Å²) in [6, 6.07) is 15.3. The van der Waals surface area contributed by atoms with Crippen molar-refractivity contribution in [2.45, 2.75) is 76.0 Å². The Bertz CT molecular complexity index is 2490. The molecule has 4 aromatic heterocycles. The number of piperidine rings is 1. The number of carbonyl (C=O) groups excluding carboxylic acids is 4. The van der Waals surface area contributed by atoms with E-state index in [0.29, 0.717) is 65.7 Å². The fourth-order valence-electron chi connectivity index (χ4n) is 9.17. The van der Waals surface area contributed by atoms with E-state index in [1.165, 1.54) is 10.7 Å². The van der Waals surface area contributed by atoms with Crippen molar-refractivity contribution in [3.05, 3.63) is 83.6 Å². The normalized spacial score (nSPS) is 22.0. The van der Waals surface area contributed by atoms with E-state index in [2.05, 4.69) is 36.6 Å². The molecule has 0 radical (unpaired) electrons. The van der Waals surface area contributed by atoms with Gasteiger partial charge >= 0.3 is 0 Å². The molecule has 0 bridgehead atoms. The Morgan fingerprint density at radius 1 is 0.949 bits per heavy atom. The van der Waals surface area contributed by atoms with E-state index in [1.807, 2.05) is 40.0 Å². The minimum atomic E-state index is -1.25. The first-order valence-corrected chi connectivity index (χ1v) is 20.4. The molecule has 16 nitrogen and oxygen atoms in total. The molecule has 3 saturated heterocycles. The summed E-state index contributed by atoms with van der Waals surface area (Å²) < 4.78 is 3.53. The number of nitriles is 1. The Balaban J connectivity index is 0.770. The molecule has 4 amide bonds. The molecule has 1 atom stereocenters. The summed E-state index contributed by atoms with van der Waals surface area (Å²) in [5.74, 6) is -1.16. The van der Waals surface area contributed by atoms with Crippen molar-refractivity contribution < 1.29 is 24.3 Å². The van der Waals surface area contributed by atoms with Gasteiger partial charge in [0.25, 0.3) is 5.91 Å². The first-order valence-electron chi connectivity index (χ1n) is 20.4. The zero-order valence-corrected chi connectivity index (χ0v) is 33.2. The van der Waals surface area contributed by atoms with Gasteiger partial charge in [-0.1, -0.05) is 0 Å². The van der Waals surface area contributed by atoms with Gasteiger partial charge in [0.15, 0.2) is 0 Å².